The molecule has 0 saturated heterocycles. The minimum absolute atomic E-state index is 0.769. The molecular formula is C14H19N3O. The first-order valence-corrected chi connectivity index (χ1v) is 6.01. The number of aromatic nitrogens is 1. The Kier molecular flexibility index (Phi) is 3.67. The van der Waals surface area contributed by atoms with Crippen LogP contribution in [-0.4, -0.2) is 17.1 Å². The van der Waals surface area contributed by atoms with E-state index in [-0.39, 0.29) is 0 Å². The van der Waals surface area contributed by atoms with Crippen molar-refractivity contribution >= 4 is 5.69 Å². The number of benzene rings is 1. The summed E-state index contributed by atoms with van der Waals surface area (Å²) in [5.41, 5.74) is 10.1. The number of hydrogen-bond donors (Lipinski definition) is 1. The Hall–Kier alpha value is -1.81. The minimum atomic E-state index is 0.769. The van der Waals surface area contributed by atoms with Crippen LogP contribution in [0.3, 0.4) is 0 Å². The molecule has 18 heavy (non-hydrogen) atoms. The molecule has 96 valence electrons. The Bertz CT molecular complexity index is 534. The van der Waals surface area contributed by atoms with Gasteiger partial charge < -0.3 is 10.3 Å². The summed E-state index contributed by atoms with van der Waals surface area (Å²) in [6.07, 6.45) is 0. The normalized spacial score (nSPS) is 11.1. The summed E-state index contributed by atoms with van der Waals surface area (Å²) in [6.45, 7) is 5.58. The van der Waals surface area contributed by atoms with Crippen molar-refractivity contribution < 1.29 is 4.52 Å². The van der Waals surface area contributed by atoms with E-state index in [2.05, 4.69) is 30.1 Å². The zero-order valence-corrected chi connectivity index (χ0v) is 11.1. The van der Waals surface area contributed by atoms with E-state index in [1.165, 1.54) is 5.56 Å². The summed E-state index contributed by atoms with van der Waals surface area (Å²) in [4.78, 5) is 2.19. The van der Waals surface area contributed by atoms with Crippen LogP contribution in [-0.2, 0) is 13.1 Å². The fraction of sp³-hybridized carbons (Fsp3) is 0.357. The lowest BCUT2D eigenvalue weighted by Gasteiger charge is -2.17. The van der Waals surface area contributed by atoms with Gasteiger partial charge in [0.2, 0.25) is 0 Å². The van der Waals surface area contributed by atoms with Crippen molar-refractivity contribution in [1.29, 1.82) is 0 Å². The SMILES string of the molecule is Cc1cc(CN(C)Cc2cccc(N)c2C)no1. The van der Waals surface area contributed by atoms with E-state index in [0.717, 1.165) is 35.8 Å². The molecule has 1 aromatic heterocycles. The van der Waals surface area contributed by atoms with E-state index < -0.39 is 0 Å². The monoisotopic (exact) mass is 245 g/mol. The molecule has 0 unspecified atom stereocenters. The number of rotatable bonds is 4. The first-order valence-electron chi connectivity index (χ1n) is 6.01. The van der Waals surface area contributed by atoms with Crippen molar-refractivity contribution in [3.05, 3.63) is 46.8 Å². The number of anilines is 1. The summed E-state index contributed by atoms with van der Waals surface area (Å²) < 4.78 is 5.06. The smallest absolute Gasteiger partial charge is 0.133 e. The molecule has 0 atom stereocenters. The van der Waals surface area contributed by atoms with E-state index in [1.807, 2.05) is 25.1 Å². The molecule has 0 fully saturated rings. The van der Waals surface area contributed by atoms with Crippen LogP contribution in [0.5, 0.6) is 0 Å². The Morgan fingerprint density at radius 1 is 1.28 bits per heavy atom. The maximum atomic E-state index is 5.91. The van der Waals surface area contributed by atoms with Gasteiger partial charge in [-0.15, -0.1) is 0 Å². The van der Waals surface area contributed by atoms with E-state index in [0.29, 0.717) is 0 Å². The van der Waals surface area contributed by atoms with Gasteiger partial charge in [0, 0.05) is 24.8 Å². The fourth-order valence-electron chi connectivity index (χ4n) is 1.99. The molecule has 0 amide bonds. The maximum Gasteiger partial charge on any atom is 0.133 e. The van der Waals surface area contributed by atoms with Gasteiger partial charge >= 0.3 is 0 Å². The lowest BCUT2D eigenvalue weighted by Crippen LogP contribution is -2.18. The first kappa shape index (κ1) is 12.6. The highest BCUT2D eigenvalue weighted by Crippen LogP contribution is 2.17. The second-order valence-electron chi connectivity index (χ2n) is 4.73. The predicted octanol–water partition coefficient (Wildman–Crippen LogP) is 2.51. The lowest BCUT2D eigenvalue weighted by atomic mass is 10.1. The molecular weight excluding hydrogens is 226 g/mol. The van der Waals surface area contributed by atoms with Gasteiger partial charge in [-0.05, 0) is 38.1 Å². The summed E-state index contributed by atoms with van der Waals surface area (Å²) in [7, 11) is 2.06. The van der Waals surface area contributed by atoms with Gasteiger partial charge in [-0.25, -0.2) is 0 Å². The Balaban J connectivity index is 2.03. The Labute approximate surface area is 107 Å². The topological polar surface area (TPSA) is 55.3 Å². The molecule has 0 aliphatic heterocycles. The van der Waals surface area contributed by atoms with Gasteiger partial charge in [-0.3, -0.25) is 4.90 Å². The number of nitrogen functional groups attached to an aromatic ring is 1. The predicted molar refractivity (Wildman–Crippen MR) is 72.0 cm³/mol. The molecule has 0 saturated carbocycles. The largest absolute Gasteiger partial charge is 0.399 e. The number of nitrogens with zero attached hydrogens (tertiary/aromatic N) is 2. The van der Waals surface area contributed by atoms with E-state index in [1.54, 1.807) is 0 Å². The van der Waals surface area contributed by atoms with Crippen molar-refractivity contribution in [3.63, 3.8) is 0 Å². The highest BCUT2D eigenvalue weighted by molar-refractivity contribution is 5.49. The Morgan fingerprint density at radius 3 is 2.72 bits per heavy atom. The molecule has 1 aromatic carbocycles. The zero-order valence-electron chi connectivity index (χ0n) is 11.1. The third-order valence-electron chi connectivity index (χ3n) is 3.04. The van der Waals surface area contributed by atoms with Crippen LogP contribution in [0.15, 0.2) is 28.8 Å². The Morgan fingerprint density at radius 2 is 2.06 bits per heavy atom. The molecule has 0 bridgehead atoms. The molecule has 2 rings (SSSR count). The van der Waals surface area contributed by atoms with Crippen LogP contribution in [0, 0.1) is 13.8 Å². The van der Waals surface area contributed by atoms with Crippen molar-refractivity contribution in [2.75, 3.05) is 12.8 Å². The average Bonchev–Trinajstić information content (AvgIpc) is 2.70. The van der Waals surface area contributed by atoms with Crippen molar-refractivity contribution in [3.8, 4) is 0 Å². The van der Waals surface area contributed by atoms with Crippen LogP contribution in [0.1, 0.15) is 22.6 Å². The third-order valence-corrected chi connectivity index (χ3v) is 3.04. The summed E-state index contributed by atoms with van der Waals surface area (Å²) in [6, 6.07) is 7.99. The molecule has 2 aromatic rings. The summed E-state index contributed by atoms with van der Waals surface area (Å²) in [5.74, 6) is 0.846. The molecule has 0 aliphatic rings. The molecule has 1 heterocycles. The molecule has 2 N–H and O–H groups in total. The van der Waals surface area contributed by atoms with Crippen molar-refractivity contribution in [2.45, 2.75) is 26.9 Å². The van der Waals surface area contributed by atoms with Crippen molar-refractivity contribution in [2.24, 2.45) is 0 Å². The van der Waals surface area contributed by atoms with Gasteiger partial charge in [-0.2, -0.15) is 0 Å². The van der Waals surface area contributed by atoms with Crippen LogP contribution >= 0.6 is 0 Å². The number of hydrogen-bond acceptors (Lipinski definition) is 4. The highest BCUT2D eigenvalue weighted by atomic mass is 16.5. The first-order chi connectivity index (χ1) is 8.56. The van der Waals surface area contributed by atoms with Gasteiger partial charge in [-0.1, -0.05) is 17.3 Å². The van der Waals surface area contributed by atoms with Crippen LogP contribution in [0.2, 0.25) is 0 Å². The van der Waals surface area contributed by atoms with E-state index in [4.69, 9.17) is 10.3 Å². The standard InChI is InChI=1S/C14H19N3O/c1-10-7-13(16-18-10)9-17(3)8-12-5-4-6-14(15)11(12)2/h4-7H,8-9,15H2,1-3H3. The van der Waals surface area contributed by atoms with E-state index in [9.17, 15) is 0 Å². The number of aryl methyl sites for hydroxylation is 1. The molecule has 4 heteroatoms. The van der Waals surface area contributed by atoms with Crippen LogP contribution < -0.4 is 5.73 Å². The lowest BCUT2D eigenvalue weighted by molar-refractivity contribution is 0.301. The van der Waals surface area contributed by atoms with E-state index >= 15 is 0 Å². The average molecular weight is 245 g/mol. The fourth-order valence-corrected chi connectivity index (χ4v) is 1.99. The second kappa shape index (κ2) is 5.23. The second-order valence-corrected chi connectivity index (χ2v) is 4.73. The summed E-state index contributed by atoms with van der Waals surface area (Å²) in [5, 5.41) is 4.00. The summed E-state index contributed by atoms with van der Waals surface area (Å²) >= 11 is 0. The quantitative estimate of drug-likeness (QED) is 0.841. The van der Waals surface area contributed by atoms with Gasteiger partial charge in [0.25, 0.3) is 0 Å². The number of nitrogens with two attached hydrogens (primary N) is 1. The highest BCUT2D eigenvalue weighted by Gasteiger charge is 2.08. The minimum Gasteiger partial charge on any atom is -0.399 e. The third kappa shape index (κ3) is 2.90. The van der Waals surface area contributed by atoms with Crippen LogP contribution in [0.4, 0.5) is 5.69 Å². The molecule has 0 spiro atoms. The van der Waals surface area contributed by atoms with Gasteiger partial charge in [0.05, 0.1) is 5.69 Å². The maximum absolute atomic E-state index is 5.91. The van der Waals surface area contributed by atoms with Crippen molar-refractivity contribution in [1.82, 2.24) is 10.1 Å². The van der Waals surface area contributed by atoms with Gasteiger partial charge in [0.15, 0.2) is 0 Å². The van der Waals surface area contributed by atoms with Gasteiger partial charge in [0.1, 0.15) is 5.76 Å². The molecule has 4 nitrogen and oxygen atoms in total. The van der Waals surface area contributed by atoms with Crippen LogP contribution in [0.25, 0.3) is 0 Å². The zero-order chi connectivity index (χ0) is 13.1. The molecule has 0 aliphatic carbocycles. The molecule has 0 radical (unpaired) electrons.